The molecule has 6 nitrogen and oxygen atoms in total. The molecule has 16 heavy (non-hydrogen) atoms. The summed E-state index contributed by atoms with van der Waals surface area (Å²) in [6, 6.07) is 0. The van der Waals surface area contributed by atoms with Gasteiger partial charge in [0.15, 0.2) is 16.0 Å². The standard InChI is InChI=1S/C8H16O6PS/c1-4-13-15(10)6-5-8(14-7(2)9)16(3,11)12/h8H,4-6H2,1-3H3/q+1. The van der Waals surface area contributed by atoms with E-state index in [1.165, 1.54) is 0 Å². The molecular formula is C8H16O6PS+. The van der Waals surface area contributed by atoms with Crippen LogP contribution in [-0.2, 0) is 28.5 Å². The molecule has 0 saturated heterocycles. The van der Waals surface area contributed by atoms with Gasteiger partial charge in [-0.3, -0.25) is 4.79 Å². The second kappa shape index (κ2) is 6.93. The van der Waals surface area contributed by atoms with Crippen molar-refractivity contribution in [1.29, 1.82) is 0 Å². The molecule has 0 fully saturated rings. The summed E-state index contributed by atoms with van der Waals surface area (Å²) in [5, 5.41) is 0. The highest BCUT2D eigenvalue weighted by atomic mass is 32.2. The third kappa shape index (κ3) is 6.87. The summed E-state index contributed by atoms with van der Waals surface area (Å²) in [4.78, 5) is 10.7. The van der Waals surface area contributed by atoms with Gasteiger partial charge < -0.3 is 4.74 Å². The maximum atomic E-state index is 11.2. The number of carbonyl (C=O) groups excluding carboxylic acids is 1. The molecule has 0 amide bonds. The first-order valence-corrected chi connectivity index (χ1v) is 8.02. The highest BCUT2D eigenvalue weighted by Gasteiger charge is 2.28. The average molecular weight is 271 g/mol. The first kappa shape index (κ1) is 15.5. The molecule has 0 aromatic heterocycles. The molecule has 0 aliphatic carbocycles. The molecule has 2 atom stereocenters. The molecule has 0 bridgehead atoms. The van der Waals surface area contributed by atoms with Gasteiger partial charge in [-0.15, -0.1) is 4.52 Å². The fourth-order valence-electron chi connectivity index (χ4n) is 0.965. The van der Waals surface area contributed by atoms with Gasteiger partial charge in [0.1, 0.15) is 0 Å². The minimum atomic E-state index is -3.50. The highest BCUT2D eigenvalue weighted by molar-refractivity contribution is 7.91. The van der Waals surface area contributed by atoms with Crippen molar-refractivity contribution in [2.45, 2.75) is 25.7 Å². The lowest BCUT2D eigenvalue weighted by molar-refractivity contribution is -0.142. The number of esters is 1. The Hall–Kier alpha value is -0.520. The van der Waals surface area contributed by atoms with Gasteiger partial charge in [0, 0.05) is 19.6 Å². The van der Waals surface area contributed by atoms with E-state index >= 15 is 0 Å². The van der Waals surface area contributed by atoms with Crippen molar-refractivity contribution in [3.8, 4) is 0 Å². The first-order chi connectivity index (χ1) is 7.27. The number of hydrogen-bond acceptors (Lipinski definition) is 6. The lowest BCUT2D eigenvalue weighted by Gasteiger charge is -2.12. The van der Waals surface area contributed by atoms with Crippen molar-refractivity contribution in [3.63, 3.8) is 0 Å². The largest absolute Gasteiger partial charge is 0.508 e. The van der Waals surface area contributed by atoms with Crippen LogP contribution in [0.5, 0.6) is 0 Å². The van der Waals surface area contributed by atoms with Gasteiger partial charge in [-0.1, -0.05) is 0 Å². The quantitative estimate of drug-likeness (QED) is 0.509. The van der Waals surface area contributed by atoms with Gasteiger partial charge >= 0.3 is 14.0 Å². The summed E-state index contributed by atoms with van der Waals surface area (Å²) < 4.78 is 43.0. The van der Waals surface area contributed by atoms with Crippen molar-refractivity contribution in [3.05, 3.63) is 0 Å². The van der Waals surface area contributed by atoms with Crippen LogP contribution in [0.1, 0.15) is 20.3 Å². The minimum absolute atomic E-state index is 0.0202. The Balaban J connectivity index is 4.35. The van der Waals surface area contributed by atoms with Crippen LogP contribution in [0.3, 0.4) is 0 Å². The van der Waals surface area contributed by atoms with Gasteiger partial charge in [0.05, 0.1) is 6.61 Å². The predicted molar refractivity (Wildman–Crippen MR) is 59.1 cm³/mol. The van der Waals surface area contributed by atoms with Crippen LogP contribution in [0, 0.1) is 0 Å². The van der Waals surface area contributed by atoms with E-state index in [4.69, 9.17) is 4.52 Å². The van der Waals surface area contributed by atoms with Crippen molar-refractivity contribution >= 4 is 23.8 Å². The van der Waals surface area contributed by atoms with E-state index in [1.54, 1.807) is 6.92 Å². The SMILES string of the molecule is CCO[P+](=O)CCC(OC(C)=O)S(C)(=O)=O. The van der Waals surface area contributed by atoms with E-state index < -0.39 is 29.3 Å². The first-order valence-electron chi connectivity index (χ1n) is 4.71. The van der Waals surface area contributed by atoms with E-state index in [-0.39, 0.29) is 12.6 Å². The lowest BCUT2D eigenvalue weighted by atomic mass is 10.5. The Kier molecular flexibility index (Phi) is 6.71. The second-order valence-corrected chi connectivity index (χ2v) is 6.69. The van der Waals surface area contributed by atoms with Gasteiger partial charge in [0.2, 0.25) is 5.44 Å². The number of hydrogen-bond donors (Lipinski definition) is 0. The van der Waals surface area contributed by atoms with E-state index in [0.29, 0.717) is 6.61 Å². The number of sulfone groups is 1. The molecule has 8 heteroatoms. The zero-order chi connectivity index (χ0) is 12.8. The van der Waals surface area contributed by atoms with Gasteiger partial charge in [0.25, 0.3) is 0 Å². The molecule has 94 valence electrons. The molecule has 0 aromatic carbocycles. The molecule has 0 heterocycles. The third-order valence-electron chi connectivity index (χ3n) is 1.60. The molecular weight excluding hydrogens is 255 g/mol. The Bertz CT molecular complexity index is 350. The molecule has 2 unspecified atom stereocenters. The summed E-state index contributed by atoms with van der Waals surface area (Å²) in [7, 11) is -5.39. The predicted octanol–water partition coefficient (Wildman–Crippen LogP) is 1.09. The lowest BCUT2D eigenvalue weighted by Crippen LogP contribution is -2.26. The monoisotopic (exact) mass is 271 g/mol. The van der Waals surface area contributed by atoms with Crippen LogP contribution in [0.25, 0.3) is 0 Å². The van der Waals surface area contributed by atoms with Crippen LogP contribution in [0.15, 0.2) is 0 Å². The highest BCUT2D eigenvalue weighted by Crippen LogP contribution is 2.25. The third-order valence-corrected chi connectivity index (χ3v) is 4.05. The van der Waals surface area contributed by atoms with Crippen LogP contribution in [0.4, 0.5) is 0 Å². The smallest absolute Gasteiger partial charge is 0.446 e. The Labute approximate surface area is 96.1 Å². The van der Waals surface area contributed by atoms with Gasteiger partial charge in [-0.05, 0) is 11.5 Å². The number of ether oxygens (including phenoxy) is 1. The van der Waals surface area contributed by atoms with E-state index in [2.05, 4.69) is 4.74 Å². The normalized spacial score (nSPS) is 14.3. The Morgan fingerprint density at radius 3 is 2.38 bits per heavy atom. The van der Waals surface area contributed by atoms with E-state index in [9.17, 15) is 17.8 Å². The maximum Gasteiger partial charge on any atom is 0.508 e. The Morgan fingerprint density at radius 2 is 2.00 bits per heavy atom. The fourth-order valence-corrected chi connectivity index (χ4v) is 2.86. The molecule has 0 rings (SSSR count). The van der Waals surface area contributed by atoms with E-state index in [0.717, 1.165) is 13.2 Å². The summed E-state index contributed by atoms with van der Waals surface area (Å²) in [5.74, 6) is -0.679. The molecule has 0 spiro atoms. The van der Waals surface area contributed by atoms with Gasteiger partial charge in [-0.2, -0.15) is 0 Å². The van der Waals surface area contributed by atoms with Crippen LogP contribution in [-0.4, -0.2) is 38.8 Å². The molecule has 0 aliphatic heterocycles. The van der Waals surface area contributed by atoms with Crippen LogP contribution < -0.4 is 0 Å². The topological polar surface area (TPSA) is 86.7 Å². The summed E-state index contributed by atoms with van der Waals surface area (Å²) in [6.07, 6.45) is 0.996. The maximum absolute atomic E-state index is 11.2. The fraction of sp³-hybridized carbons (Fsp3) is 0.875. The van der Waals surface area contributed by atoms with Gasteiger partial charge in [-0.25, -0.2) is 8.42 Å². The average Bonchev–Trinajstić information content (AvgIpc) is 2.10. The van der Waals surface area contributed by atoms with Crippen LogP contribution in [0.2, 0.25) is 0 Å². The second-order valence-electron chi connectivity index (χ2n) is 3.13. The minimum Gasteiger partial charge on any atom is -0.446 e. The zero-order valence-corrected chi connectivity index (χ0v) is 11.2. The van der Waals surface area contributed by atoms with E-state index in [1.807, 2.05) is 0 Å². The van der Waals surface area contributed by atoms with Crippen molar-refractivity contribution < 1.29 is 27.0 Å². The summed E-state index contributed by atoms with van der Waals surface area (Å²) in [5.41, 5.74) is -1.25. The Morgan fingerprint density at radius 1 is 1.44 bits per heavy atom. The van der Waals surface area contributed by atoms with Crippen molar-refractivity contribution in [2.24, 2.45) is 0 Å². The van der Waals surface area contributed by atoms with Crippen LogP contribution >= 0.6 is 8.03 Å². The summed E-state index contributed by atoms with van der Waals surface area (Å²) >= 11 is 0. The zero-order valence-electron chi connectivity index (χ0n) is 9.50. The number of rotatable bonds is 7. The molecule has 0 saturated carbocycles. The molecule has 0 radical (unpaired) electrons. The van der Waals surface area contributed by atoms with Crippen molar-refractivity contribution in [2.75, 3.05) is 19.0 Å². The van der Waals surface area contributed by atoms with Crippen molar-refractivity contribution in [1.82, 2.24) is 0 Å². The summed E-state index contributed by atoms with van der Waals surface area (Å²) in [6.45, 7) is 3.11. The number of carbonyl (C=O) groups is 1. The molecule has 0 aromatic rings. The molecule has 0 N–H and O–H groups in total. The molecule has 0 aliphatic rings.